The molecule has 27 heavy (non-hydrogen) atoms. The lowest BCUT2D eigenvalue weighted by Gasteiger charge is -2.48. The van der Waals surface area contributed by atoms with E-state index in [0.29, 0.717) is 12.8 Å². The Balaban J connectivity index is 3.67. The first-order valence-electron chi connectivity index (χ1n) is 9.37. The molecule has 0 heterocycles. The number of nitro groups is 1. The van der Waals surface area contributed by atoms with Crippen LogP contribution in [0.4, 0.5) is 0 Å². The summed E-state index contributed by atoms with van der Waals surface area (Å²) in [5.74, 6) is -1.97. The molecule has 0 bridgehead atoms. The highest BCUT2D eigenvalue weighted by Crippen LogP contribution is 2.52. The molecule has 0 spiro atoms. The largest absolute Gasteiger partial charge is 0.481 e. The van der Waals surface area contributed by atoms with Crippen LogP contribution in [0.5, 0.6) is 0 Å². The molecule has 0 fully saturated rings. The Kier molecular flexibility index (Phi) is 7.54. The second-order valence-electron chi connectivity index (χ2n) is 7.84. The van der Waals surface area contributed by atoms with Crippen LogP contribution >= 0.6 is 0 Å². The van der Waals surface area contributed by atoms with E-state index in [4.69, 9.17) is 9.47 Å². The highest BCUT2D eigenvalue weighted by molar-refractivity contribution is 5.90. The topological polar surface area (TPSA) is 116 Å². The van der Waals surface area contributed by atoms with E-state index >= 15 is 0 Å². The molecule has 0 amide bonds. The first kappa shape index (κ1) is 23.1. The van der Waals surface area contributed by atoms with Crippen LogP contribution in [-0.4, -0.2) is 46.8 Å². The number of hydrogen-bond donors (Lipinski definition) is 1. The summed E-state index contributed by atoms with van der Waals surface area (Å²) >= 11 is 0. The van der Waals surface area contributed by atoms with Gasteiger partial charge in [-0.2, -0.15) is 0 Å². The molecule has 0 aromatic rings. The lowest BCUT2D eigenvalue weighted by Crippen LogP contribution is -2.63. The molecule has 0 unspecified atom stereocenters. The van der Waals surface area contributed by atoms with Crippen molar-refractivity contribution in [3.05, 3.63) is 21.8 Å². The summed E-state index contributed by atoms with van der Waals surface area (Å²) in [6.07, 6.45) is 0.968. The van der Waals surface area contributed by atoms with E-state index in [2.05, 4.69) is 0 Å². The summed E-state index contributed by atoms with van der Waals surface area (Å²) in [5.41, 5.74) is -2.73. The number of carboxylic acid groups (broad SMARTS) is 1. The number of esters is 1. The zero-order chi connectivity index (χ0) is 21.0. The van der Waals surface area contributed by atoms with Crippen molar-refractivity contribution in [2.45, 2.75) is 79.1 Å². The Morgan fingerprint density at radius 2 is 1.89 bits per heavy atom. The quantitative estimate of drug-likeness (QED) is 0.387. The van der Waals surface area contributed by atoms with E-state index in [0.717, 1.165) is 0 Å². The molecule has 1 rings (SSSR count). The highest BCUT2D eigenvalue weighted by atomic mass is 16.6. The van der Waals surface area contributed by atoms with Gasteiger partial charge in [0.25, 0.3) is 0 Å². The number of rotatable bonds is 8. The predicted molar refractivity (Wildman–Crippen MR) is 98.9 cm³/mol. The number of aliphatic carboxylic acids is 1. The van der Waals surface area contributed by atoms with Gasteiger partial charge in [-0.05, 0) is 31.3 Å². The average molecular weight is 385 g/mol. The van der Waals surface area contributed by atoms with Gasteiger partial charge in [0.2, 0.25) is 6.04 Å². The van der Waals surface area contributed by atoms with Crippen LogP contribution in [0.2, 0.25) is 0 Å². The second-order valence-corrected chi connectivity index (χ2v) is 7.84. The van der Waals surface area contributed by atoms with Crippen molar-refractivity contribution in [2.75, 3.05) is 6.61 Å². The van der Waals surface area contributed by atoms with Crippen LogP contribution < -0.4 is 0 Å². The van der Waals surface area contributed by atoms with Crippen molar-refractivity contribution in [3.8, 4) is 0 Å². The molecular weight excluding hydrogens is 354 g/mol. The minimum Gasteiger partial charge on any atom is -0.481 e. The van der Waals surface area contributed by atoms with Gasteiger partial charge in [-0.25, -0.2) is 4.79 Å². The number of carbonyl (C=O) groups is 2. The Morgan fingerprint density at radius 3 is 2.26 bits per heavy atom. The first-order valence-corrected chi connectivity index (χ1v) is 9.37. The van der Waals surface area contributed by atoms with E-state index < -0.39 is 39.8 Å². The van der Waals surface area contributed by atoms with E-state index in [-0.39, 0.29) is 24.7 Å². The number of nitrogens with zero attached hydrogens (tertiary/aromatic N) is 1. The maximum atomic E-state index is 12.5. The minimum absolute atomic E-state index is 0.0932. The van der Waals surface area contributed by atoms with Gasteiger partial charge >= 0.3 is 11.9 Å². The third kappa shape index (κ3) is 4.31. The number of carboxylic acids is 1. The molecule has 8 nitrogen and oxygen atoms in total. The Morgan fingerprint density at radius 1 is 1.33 bits per heavy atom. The molecule has 0 aliphatic heterocycles. The molecule has 0 aromatic carbocycles. The molecule has 0 saturated heterocycles. The van der Waals surface area contributed by atoms with E-state index in [1.807, 2.05) is 13.8 Å². The fraction of sp³-hybridized carbons (Fsp3) is 0.789. The fourth-order valence-electron chi connectivity index (χ4n) is 3.90. The van der Waals surface area contributed by atoms with Crippen molar-refractivity contribution in [2.24, 2.45) is 10.8 Å². The summed E-state index contributed by atoms with van der Waals surface area (Å²) in [4.78, 5) is 36.1. The summed E-state index contributed by atoms with van der Waals surface area (Å²) in [5, 5.41) is 22.1. The van der Waals surface area contributed by atoms with E-state index in [1.165, 1.54) is 6.08 Å². The Labute approximate surface area is 160 Å². The highest BCUT2D eigenvalue weighted by Gasteiger charge is 2.67. The summed E-state index contributed by atoms with van der Waals surface area (Å²) in [7, 11) is 0. The lowest BCUT2D eigenvalue weighted by molar-refractivity contribution is -0.548. The van der Waals surface area contributed by atoms with Gasteiger partial charge in [0.15, 0.2) is 5.41 Å². The Bertz CT molecular complexity index is 604. The van der Waals surface area contributed by atoms with Crippen LogP contribution in [0.15, 0.2) is 11.6 Å². The van der Waals surface area contributed by atoms with Crippen LogP contribution in [0.3, 0.4) is 0 Å². The van der Waals surface area contributed by atoms with Crippen molar-refractivity contribution >= 4 is 11.9 Å². The molecule has 154 valence electrons. The molecule has 1 aliphatic rings. The van der Waals surface area contributed by atoms with E-state index in [9.17, 15) is 24.8 Å². The monoisotopic (exact) mass is 385 g/mol. The second kappa shape index (κ2) is 8.82. The van der Waals surface area contributed by atoms with Gasteiger partial charge in [-0.3, -0.25) is 14.9 Å². The summed E-state index contributed by atoms with van der Waals surface area (Å²) in [6, 6.07) is -1.52. The van der Waals surface area contributed by atoms with Crippen LogP contribution in [0.1, 0.15) is 60.8 Å². The third-order valence-corrected chi connectivity index (χ3v) is 5.38. The van der Waals surface area contributed by atoms with Gasteiger partial charge < -0.3 is 14.6 Å². The minimum atomic E-state index is -1.82. The smallest absolute Gasteiger partial charge is 0.334 e. The Hall–Kier alpha value is -1.96. The average Bonchev–Trinajstić information content (AvgIpc) is 2.57. The zero-order valence-electron chi connectivity index (χ0n) is 17.0. The molecule has 0 saturated carbocycles. The lowest BCUT2D eigenvalue weighted by atomic mass is 9.56. The zero-order valence-corrected chi connectivity index (χ0v) is 17.0. The number of carbonyl (C=O) groups excluding carboxylic acids is 1. The molecule has 0 radical (unpaired) electrons. The van der Waals surface area contributed by atoms with Gasteiger partial charge in [0, 0.05) is 16.9 Å². The van der Waals surface area contributed by atoms with Crippen molar-refractivity contribution in [3.63, 3.8) is 0 Å². The van der Waals surface area contributed by atoms with Crippen molar-refractivity contribution in [1.82, 2.24) is 0 Å². The molecule has 8 heteroatoms. The van der Waals surface area contributed by atoms with Gasteiger partial charge in [-0.15, -0.1) is 0 Å². The first-order chi connectivity index (χ1) is 12.5. The van der Waals surface area contributed by atoms with Crippen molar-refractivity contribution in [1.29, 1.82) is 0 Å². The SMILES string of the molecule is CCOC(=O)C1=C[C@H](OC(CC)CC)[C@@](C(=O)O)(C(C)(C)C)[C@H]([N+](=O)[O-])C1. The van der Waals surface area contributed by atoms with Gasteiger partial charge in [-0.1, -0.05) is 34.6 Å². The predicted octanol–water partition coefficient (Wildman–Crippen LogP) is 3.22. The maximum Gasteiger partial charge on any atom is 0.334 e. The fourth-order valence-corrected chi connectivity index (χ4v) is 3.90. The standard InChI is InChI=1S/C19H31NO7/c1-7-13(8-2)27-15-11-12(16(21)26-9-3)10-14(20(24)25)19(15,17(22)23)18(4,5)6/h11,13-15H,7-10H2,1-6H3,(H,22,23)/t14-,15+,19+/m1/s1. The maximum absolute atomic E-state index is 12.5. The van der Waals surface area contributed by atoms with Gasteiger partial charge in [0.05, 0.1) is 12.7 Å². The normalized spacial score (nSPS) is 25.8. The molecule has 0 aromatic heterocycles. The molecule has 3 atom stereocenters. The van der Waals surface area contributed by atoms with Crippen LogP contribution in [0.25, 0.3) is 0 Å². The summed E-state index contributed by atoms with van der Waals surface area (Å²) in [6.45, 7) is 10.5. The van der Waals surface area contributed by atoms with Crippen molar-refractivity contribution < 1.29 is 29.1 Å². The van der Waals surface area contributed by atoms with Crippen LogP contribution in [0, 0.1) is 20.9 Å². The molecular formula is C19H31NO7. The molecule has 1 N–H and O–H groups in total. The third-order valence-electron chi connectivity index (χ3n) is 5.38. The number of hydrogen-bond acceptors (Lipinski definition) is 6. The summed E-state index contributed by atoms with van der Waals surface area (Å²) < 4.78 is 11.1. The number of ether oxygens (including phenoxy) is 2. The van der Waals surface area contributed by atoms with Crippen LogP contribution in [-0.2, 0) is 19.1 Å². The molecule has 1 aliphatic carbocycles. The van der Waals surface area contributed by atoms with E-state index in [1.54, 1.807) is 27.7 Å². The van der Waals surface area contributed by atoms with Gasteiger partial charge in [0.1, 0.15) is 6.10 Å².